The zero-order valence-corrected chi connectivity index (χ0v) is 22.8. The summed E-state index contributed by atoms with van der Waals surface area (Å²) in [5, 5.41) is 17.7. The topological polar surface area (TPSA) is 73.9 Å². The first-order valence-electron chi connectivity index (χ1n) is 13.7. The first kappa shape index (κ1) is 25.8. The summed E-state index contributed by atoms with van der Waals surface area (Å²) in [5.74, 6) is 3.48. The van der Waals surface area contributed by atoms with Gasteiger partial charge in [0.15, 0.2) is 17.6 Å². The van der Waals surface area contributed by atoms with Gasteiger partial charge < -0.3 is 14.2 Å². The van der Waals surface area contributed by atoms with Crippen molar-refractivity contribution in [1.82, 2.24) is 34.7 Å². The number of likely N-dealkylation sites (tertiary alicyclic amines) is 1. The van der Waals surface area contributed by atoms with E-state index in [0.717, 1.165) is 56.2 Å². The summed E-state index contributed by atoms with van der Waals surface area (Å²) in [7, 11) is 4.07. The van der Waals surface area contributed by atoms with E-state index in [0.29, 0.717) is 30.4 Å². The van der Waals surface area contributed by atoms with Gasteiger partial charge in [-0.3, -0.25) is 0 Å². The monoisotopic (exact) mass is 509 g/mol. The summed E-state index contributed by atoms with van der Waals surface area (Å²) in [4.78, 5) is 2.17. The molecule has 8 nitrogen and oxygen atoms in total. The van der Waals surface area contributed by atoms with E-state index in [1.54, 1.807) is 0 Å². The molecule has 1 aromatic carbocycles. The molecule has 0 amide bonds. The first-order chi connectivity index (χ1) is 17.7. The number of hydrogen-bond donors (Lipinski definition) is 0. The maximum absolute atomic E-state index is 15.5. The molecule has 2 aromatic heterocycles. The smallest absolute Gasteiger partial charge is 0.173 e. The van der Waals surface area contributed by atoms with Crippen LogP contribution in [-0.2, 0) is 12.7 Å². The Morgan fingerprint density at radius 3 is 2.43 bits per heavy atom. The number of rotatable bonds is 7. The quantitative estimate of drug-likeness (QED) is 0.421. The molecular weight excluding hydrogens is 469 g/mol. The van der Waals surface area contributed by atoms with E-state index in [2.05, 4.69) is 56.0 Å². The minimum absolute atomic E-state index is 0.203. The van der Waals surface area contributed by atoms with E-state index >= 15 is 4.39 Å². The number of nitrogens with zero attached hydrogens (tertiary/aromatic N) is 7. The van der Waals surface area contributed by atoms with Crippen LogP contribution in [0.15, 0.2) is 30.5 Å². The van der Waals surface area contributed by atoms with Gasteiger partial charge in [0.2, 0.25) is 0 Å². The zero-order chi connectivity index (χ0) is 26.2. The van der Waals surface area contributed by atoms with E-state index in [1.165, 1.54) is 5.56 Å². The van der Waals surface area contributed by atoms with Crippen LogP contribution in [-0.4, -0.2) is 54.8 Å². The molecule has 0 radical (unpaired) electrons. The highest BCUT2D eigenvalue weighted by Crippen LogP contribution is 2.39. The van der Waals surface area contributed by atoms with E-state index < -0.39 is 5.67 Å². The fourth-order valence-electron chi connectivity index (χ4n) is 5.76. The fourth-order valence-corrected chi connectivity index (χ4v) is 5.76. The predicted molar refractivity (Wildman–Crippen MR) is 140 cm³/mol. The van der Waals surface area contributed by atoms with E-state index in [4.69, 9.17) is 4.74 Å². The first-order valence-corrected chi connectivity index (χ1v) is 13.7. The molecule has 3 aromatic rings. The Kier molecular flexibility index (Phi) is 7.34. The van der Waals surface area contributed by atoms with Gasteiger partial charge in [-0.15, -0.1) is 15.3 Å². The number of alkyl halides is 1. The lowest BCUT2D eigenvalue weighted by atomic mass is 9.85. The number of halogens is 1. The molecule has 0 spiro atoms. The Balaban J connectivity index is 1.20. The van der Waals surface area contributed by atoms with Gasteiger partial charge in [-0.25, -0.2) is 9.07 Å². The molecule has 200 valence electrons. The summed E-state index contributed by atoms with van der Waals surface area (Å²) in [5.41, 5.74) is 0.396. The molecule has 1 aliphatic heterocycles. The van der Waals surface area contributed by atoms with Crippen LogP contribution in [0.4, 0.5) is 4.39 Å². The number of piperidine rings is 1. The van der Waals surface area contributed by atoms with Gasteiger partial charge in [0.25, 0.3) is 0 Å². The molecule has 1 saturated carbocycles. The normalized spacial score (nSPS) is 23.3. The van der Waals surface area contributed by atoms with Crippen molar-refractivity contribution in [1.29, 1.82) is 0 Å². The Bertz CT molecular complexity index is 1190. The maximum Gasteiger partial charge on any atom is 0.173 e. The zero-order valence-electron chi connectivity index (χ0n) is 22.8. The van der Waals surface area contributed by atoms with Gasteiger partial charge >= 0.3 is 0 Å². The second-order valence-electron chi connectivity index (χ2n) is 11.3. The molecule has 2 aliphatic rings. The lowest BCUT2D eigenvalue weighted by molar-refractivity contribution is 0.0632. The Hall–Kier alpha value is -2.81. The van der Waals surface area contributed by atoms with E-state index in [9.17, 15) is 0 Å². The third-order valence-electron chi connectivity index (χ3n) is 8.33. The van der Waals surface area contributed by atoms with Gasteiger partial charge in [-0.05, 0) is 63.3 Å². The highest BCUT2D eigenvalue weighted by Gasteiger charge is 2.39. The number of hydrogen-bond acceptors (Lipinski definition) is 6. The van der Waals surface area contributed by atoms with Crippen molar-refractivity contribution in [3.05, 3.63) is 53.4 Å². The molecule has 37 heavy (non-hydrogen) atoms. The standard InChI is InChI=1S/C28H40FN7O/c1-19(2)22-7-6-8-24(17-22)37-20(3)26-31-32-27(35(26)5)21-9-11-23(12-10-21)36-18-25(30-33-36)28(29)13-15-34(4)16-14-28/h6-8,17-21,23H,9-16H2,1-5H3/t20-,21?,23?/m1/s1. The van der Waals surface area contributed by atoms with Crippen molar-refractivity contribution < 1.29 is 9.13 Å². The van der Waals surface area contributed by atoms with Gasteiger partial charge in [-0.1, -0.05) is 31.2 Å². The molecular formula is C28H40FN7O. The van der Waals surface area contributed by atoms with Crippen molar-refractivity contribution >= 4 is 0 Å². The average Bonchev–Trinajstić information content (AvgIpc) is 3.54. The largest absolute Gasteiger partial charge is 0.483 e. The Morgan fingerprint density at radius 2 is 1.73 bits per heavy atom. The van der Waals surface area contributed by atoms with Crippen LogP contribution < -0.4 is 4.74 Å². The second-order valence-corrected chi connectivity index (χ2v) is 11.3. The summed E-state index contributed by atoms with van der Waals surface area (Å²) in [6.45, 7) is 7.89. The molecule has 1 saturated heterocycles. The Morgan fingerprint density at radius 1 is 1.00 bits per heavy atom. The lowest BCUT2D eigenvalue weighted by Gasteiger charge is -2.33. The van der Waals surface area contributed by atoms with Crippen LogP contribution in [0.2, 0.25) is 0 Å². The maximum atomic E-state index is 15.5. The molecule has 1 aliphatic carbocycles. The predicted octanol–water partition coefficient (Wildman–Crippen LogP) is 5.46. The Labute approximate surface area is 219 Å². The number of benzene rings is 1. The van der Waals surface area contributed by atoms with Gasteiger partial charge in [0.05, 0.1) is 12.2 Å². The van der Waals surface area contributed by atoms with Crippen LogP contribution in [0, 0.1) is 0 Å². The molecule has 5 rings (SSSR count). The van der Waals surface area contributed by atoms with Crippen molar-refractivity contribution in [3.63, 3.8) is 0 Å². The second kappa shape index (κ2) is 10.5. The molecule has 0 unspecified atom stereocenters. The minimum Gasteiger partial charge on any atom is -0.483 e. The number of aromatic nitrogens is 6. The SMILES string of the molecule is CC(C)c1cccc(O[C@H](C)c2nnc(C3CCC(n4cc(C5(F)CCN(C)CC5)nn4)CC3)n2C)c1. The summed E-state index contributed by atoms with van der Waals surface area (Å²) < 4.78 is 25.7. The highest BCUT2D eigenvalue weighted by atomic mass is 19.1. The van der Waals surface area contributed by atoms with Crippen molar-refractivity contribution in [3.8, 4) is 5.75 Å². The van der Waals surface area contributed by atoms with Crippen LogP contribution in [0.5, 0.6) is 5.75 Å². The minimum atomic E-state index is -1.36. The summed E-state index contributed by atoms with van der Waals surface area (Å²) in [6, 6.07) is 8.51. The molecule has 0 bridgehead atoms. The van der Waals surface area contributed by atoms with Gasteiger partial charge in [0.1, 0.15) is 17.3 Å². The van der Waals surface area contributed by atoms with Crippen LogP contribution in [0.1, 0.15) is 106 Å². The van der Waals surface area contributed by atoms with Crippen molar-refractivity contribution in [2.75, 3.05) is 20.1 Å². The van der Waals surface area contributed by atoms with Crippen molar-refractivity contribution in [2.24, 2.45) is 7.05 Å². The summed E-state index contributed by atoms with van der Waals surface area (Å²) >= 11 is 0. The third-order valence-corrected chi connectivity index (χ3v) is 8.33. The third kappa shape index (κ3) is 5.42. The molecule has 2 fully saturated rings. The van der Waals surface area contributed by atoms with E-state index in [1.807, 2.05) is 44.0 Å². The molecule has 0 N–H and O–H groups in total. The fraction of sp³-hybridized carbons (Fsp3) is 0.643. The van der Waals surface area contributed by atoms with Gasteiger partial charge in [0, 0.05) is 38.9 Å². The average molecular weight is 510 g/mol. The van der Waals surface area contributed by atoms with Crippen LogP contribution in [0.25, 0.3) is 0 Å². The molecule has 9 heteroatoms. The van der Waals surface area contributed by atoms with Gasteiger partial charge in [-0.2, -0.15) is 0 Å². The lowest BCUT2D eigenvalue weighted by Crippen LogP contribution is -2.38. The highest BCUT2D eigenvalue weighted by molar-refractivity contribution is 5.30. The van der Waals surface area contributed by atoms with Crippen LogP contribution in [0.3, 0.4) is 0 Å². The van der Waals surface area contributed by atoms with Crippen LogP contribution >= 0.6 is 0 Å². The van der Waals surface area contributed by atoms with Crippen molar-refractivity contribution in [2.45, 2.75) is 88.9 Å². The molecule has 1 atom stereocenters. The number of ether oxygens (including phenoxy) is 1. The molecule has 3 heterocycles. The summed E-state index contributed by atoms with van der Waals surface area (Å²) in [6.07, 6.45) is 6.52. The van der Waals surface area contributed by atoms with E-state index in [-0.39, 0.29) is 12.1 Å².